The van der Waals surface area contributed by atoms with Crippen LogP contribution < -0.4 is 5.73 Å². The van der Waals surface area contributed by atoms with Crippen molar-refractivity contribution in [3.05, 3.63) is 66.1 Å². The lowest BCUT2D eigenvalue weighted by atomic mass is 9.98. The van der Waals surface area contributed by atoms with E-state index in [0.717, 1.165) is 23.3 Å². The van der Waals surface area contributed by atoms with Crippen molar-refractivity contribution in [1.29, 1.82) is 0 Å². The Morgan fingerprint density at radius 3 is 2.46 bits per heavy atom. The van der Waals surface area contributed by atoms with Gasteiger partial charge in [0.05, 0.1) is 11.0 Å². The molecule has 1 atom stereocenters. The van der Waals surface area contributed by atoms with E-state index in [1.807, 2.05) is 6.07 Å². The van der Waals surface area contributed by atoms with Gasteiger partial charge in [0.25, 0.3) is 0 Å². The minimum absolute atomic E-state index is 0.202. The Morgan fingerprint density at radius 2 is 1.71 bits per heavy atom. The molecule has 1 unspecified atom stereocenters. The molecule has 2 N–H and O–H groups in total. The molecule has 0 bridgehead atoms. The normalized spacial score (nSPS) is 13.0. The average Bonchev–Trinajstić information content (AvgIpc) is 3.11. The highest BCUT2D eigenvalue weighted by Crippen LogP contribution is 2.28. The summed E-state index contributed by atoms with van der Waals surface area (Å²) in [6.45, 7) is 0.584. The van der Waals surface area contributed by atoms with E-state index in [0.29, 0.717) is 6.54 Å². The highest BCUT2D eigenvalue weighted by atomic mass is 15.1. The fourth-order valence-electron chi connectivity index (χ4n) is 3.66. The van der Waals surface area contributed by atoms with Gasteiger partial charge in [0.15, 0.2) is 0 Å². The largest absolute Gasteiger partial charge is 0.350 e. The topological polar surface area (TPSA) is 48.8 Å². The van der Waals surface area contributed by atoms with Crippen molar-refractivity contribution in [1.82, 2.24) is 14.1 Å². The maximum absolute atomic E-state index is 6.13. The van der Waals surface area contributed by atoms with Crippen molar-refractivity contribution in [2.24, 2.45) is 19.8 Å². The van der Waals surface area contributed by atoms with Gasteiger partial charge in [-0.05, 0) is 30.2 Å². The van der Waals surface area contributed by atoms with Crippen molar-refractivity contribution in [3.63, 3.8) is 0 Å². The Bertz CT molecular complexity index is 1010. The lowest BCUT2D eigenvalue weighted by Crippen LogP contribution is -2.18. The van der Waals surface area contributed by atoms with Crippen LogP contribution in [-0.2, 0) is 20.5 Å². The number of rotatable bonds is 4. The van der Waals surface area contributed by atoms with E-state index >= 15 is 0 Å². The van der Waals surface area contributed by atoms with Crippen LogP contribution in [0, 0.1) is 0 Å². The molecule has 0 aliphatic carbocycles. The maximum Gasteiger partial charge on any atom is 0.114 e. The number of hydrogen-bond acceptors (Lipinski definition) is 2. The zero-order chi connectivity index (χ0) is 16.7. The monoisotopic (exact) mass is 318 g/mol. The molecule has 0 amide bonds. The number of nitrogens with two attached hydrogens (primary N) is 1. The molecule has 2 aromatic heterocycles. The van der Waals surface area contributed by atoms with Crippen LogP contribution in [0.1, 0.15) is 17.3 Å². The van der Waals surface area contributed by atoms with Gasteiger partial charge < -0.3 is 14.9 Å². The molecule has 24 heavy (non-hydrogen) atoms. The Labute approximate surface area is 141 Å². The SMILES string of the molecule is Cn1cc(CC(CN)c2nc3ccccc3n2C)c2ccccc21. The van der Waals surface area contributed by atoms with Gasteiger partial charge in [0, 0.05) is 43.7 Å². The molecular formula is C20H22N4. The molecule has 2 aromatic carbocycles. The number of para-hydroxylation sites is 3. The van der Waals surface area contributed by atoms with Gasteiger partial charge >= 0.3 is 0 Å². The summed E-state index contributed by atoms with van der Waals surface area (Å²) in [7, 11) is 4.18. The molecule has 0 aliphatic heterocycles. The van der Waals surface area contributed by atoms with E-state index < -0.39 is 0 Å². The molecule has 0 radical (unpaired) electrons. The minimum Gasteiger partial charge on any atom is -0.350 e. The summed E-state index contributed by atoms with van der Waals surface area (Å²) in [6.07, 6.45) is 3.12. The second-order valence-electron chi connectivity index (χ2n) is 6.44. The molecule has 4 rings (SSSR count). The molecule has 4 aromatic rings. The maximum atomic E-state index is 6.13. The summed E-state index contributed by atoms with van der Waals surface area (Å²) in [5, 5.41) is 1.30. The van der Waals surface area contributed by atoms with E-state index in [9.17, 15) is 0 Å². The van der Waals surface area contributed by atoms with Crippen LogP contribution in [0.5, 0.6) is 0 Å². The average molecular weight is 318 g/mol. The first kappa shape index (κ1) is 15.0. The third kappa shape index (κ3) is 2.31. The summed E-state index contributed by atoms with van der Waals surface area (Å²) >= 11 is 0. The lowest BCUT2D eigenvalue weighted by Gasteiger charge is -2.14. The van der Waals surface area contributed by atoms with Crippen LogP contribution in [0.25, 0.3) is 21.9 Å². The Kier molecular flexibility index (Phi) is 3.62. The molecule has 122 valence electrons. The molecule has 0 spiro atoms. The first-order valence-electron chi connectivity index (χ1n) is 8.33. The van der Waals surface area contributed by atoms with Gasteiger partial charge in [-0.15, -0.1) is 0 Å². The van der Waals surface area contributed by atoms with Gasteiger partial charge in [-0.2, -0.15) is 0 Å². The van der Waals surface area contributed by atoms with Crippen molar-refractivity contribution in [3.8, 4) is 0 Å². The quantitative estimate of drug-likeness (QED) is 0.627. The molecule has 0 fully saturated rings. The molecule has 4 nitrogen and oxygen atoms in total. The molecule has 4 heteroatoms. The number of fused-ring (bicyclic) bond motifs is 2. The van der Waals surface area contributed by atoms with E-state index in [4.69, 9.17) is 10.7 Å². The highest BCUT2D eigenvalue weighted by molar-refractivity contribution is 5.84. The van der Waals surface area contributed by atoms with E-state index in [1.165, 1.54) is 16.5 Å². The Morgan fingerprint density at radius 1 is 1.00 bits per heavy atom. The fourth-order valence-corrected chi connectivity index (χ4v) is 3.66. The van der Waals surface area contributed by atoms with Gasteiger partial charge in [-0.1, -0.05) is 30.3 Å². The molecule has 0 aliphatic rings. The zero-order valence-electron chi connectivity index (χ0n) is 14.1. The van der Waals surface area contributed by atoms with E-state index in [2.05, 4.69) is 71.9 Å². The van der Waals surface area contributed by atoms with Crippen molar-refractivity contribution < 1.29 is 0 Å². The lowest BCUT2D eigenvalue weighted by molar-refractivity contribution is 0.623. The summed E-state index contributed by atoms with van der Waals surface area (Å²) in [6, 6.07) is 16.8. The van der Waals surface area contributed by atoms with Crippen LogP contribution in [0.2, 0.25) is 0 Å². The van der Waals surface area contributed by atoms with Gasteiger partial charge in [-0.3, -0.25) is 0 Å². The third-order valence-electron chi connectivity index (χ3n) is 4.92. The minimum atomic E-state index is 0.202. The van der Waals surface area contributed by atoms with Crippen LogP contribution in [-0.4, -0.2) is 20.7 Å². The van der Waals surface area contributed by atoms with Crippen LogP contribution in [0.4, 0.5) is 0 Å². The smallest absolute Gasteiger partial charge is 0.114 e. The predicted molar refractivity (Wildman–Crippen MR) is 99.1 cm³/mol. The third-order valence-corrected chi connectivity index (χ3v) is 4.92. The number of imidazole rings is 1. The fraction of sp³-hybridized carbons (Fsp3) is 0.250. The first-order chi connectivity index (χ1) is 11.7. The molecule has 0 saturated heterocycles. The van der Waals surface area contributed by atoms with Crippen molar-refractivity contribution >= 4 is 21.9 Å². The second kappa shape index (κ2) is 5.80. The van der Waals surface area contributed by atoms with Crippen LogP contribution in [0.3, 0.4) is 0 Å². The number of benzene rings is 2. The Balaban J connectivity index is 1.76. The molecule has 0 saturated carbocycles. The standard InChI is InChI=1S/C20H22N4/c1-23-13-15(16-7-3-5-9-18(16)23)11-14(12-21)20-22-17-8-4-6-10-19(17)24(20)2/h3-10,13-14H,11-12,21H2,1-2H3. The number of hydrogen-bond donors (Lipinski definition) is 1. The summed E-state index contributed by atoms with van der Waals surface area (Å²) in [5.41, 5.74) is 10.9. The molecular weight excluding hydrogens is 296 g/mol. The van der Waals surface area contributed by atoms with E-state index in [1.54, 1.807) is 0 Å². The summed E-state index contributed by atoms with van der Waals surface area (Å²) in [5.74, 6) is 1.26. The van der Waals surface area contributed by atoms with Gasteiger partial charge in [0.2, 0.25) is 0 Å². The first-order valence-corrected chi connectivity index (χ1v) is 8.33. The molecule has 2 heterocycles. The van der Waals surface area contributed by atoms with Gasteiger partial charge in [-0.25, -0.2) is 4.98 Å². The predicted octanol–water partition coefficient (Wildman–Crippen LogP) is 3.35. The summed E-state index contributed by atoms with van der Waals surface area (Å²) < 4.78 is 4.37. The van der Waals surface area contributed by atoms with Crippen LogP contribution >= 0.6 is 0 Å². The van der Waals surface area contributed by atoms with Gasteiger partial charge in [0.1, 0.15) is 5.82 Å². The second-order valence-corrected chi connectivity index (χ2v) is 6.44. The van der Waals surface area contributed by atoms with Crippen LogP contribution in [0.15, 0.2) is 54.7 Å². The highest BCUT2D eigenvalue weighted by Gasteiger charge is 2.19. The number of aryl methyl sites for hydroxylation is 2. The zero-order valence-corrected chi connectivity index (χ0v) is 14.1. The van der Waals surface area contributed by atoms with Crippen molar-refractivity contribution in [2.75, 3.05) is 6.54 Å². The Hall–Kier alpha value is -2.59. The number of nitrogens with zero attached hydrogens (tertiary/aromatic N) is 3. The number of aromatic nitrogens is 3. The van der Waals surface area contributed by atoms with E-state index in [-0.39, 0.29) is 5.92 Å². The summed E-state index contributed by atoms with van der Waals surface area (Å²) in [4.78, 5) is 4.84. The van der Waals surface area contributed by atoms with Crippen molar-refractivity contribution in [2.45, 2.75) is 12.3 Å².